The highest BCUT2D eigenvalue weighted by atomic mass is 35.5. The number of carbonyl (C=O) groups excluding carboxylic acids is 1. The first kappa shape index (κ1) is 13.3. The number of ether oxygens (including phenoxy) is 1. The summed E-state index contributed by atoms with van der Waals surface area (Å²) in [4.78, 5) is 15.6. The van der Waals surface area contributed by atoms with Gasteiger partial charge in [0.25, 0.3) is 5.91 Å². The molecule has 2 rings (SSSR count). The molecule has 5 heteroatoms. The van der Waals surface area contributed by atoms with E-state index in [9.17, 15) is 4.79 Å². The molecule has 18 heavy (non-hydrogen) atoms. The molecular formula is C13H17ClN2O2. The SMILES string of the molecule is O=C(NCCCOCC1CC1)c1ccncc1Cl. The van der Waals surface area contributed by atoms with Crippen LogP contribution in [0.3, 0.4) is 0 Å². The van der Waals surface area contributed by atoms with Crippen LogP contribution in [-0.2, 0) is 4.74 Å². The summed E-state index contributed by atoms with van der Waals surface area (Å²) in [5, 5.41) is 3.19. The zero-order valence-electron chi connectivity index (χ0n) is 10.2. The average molecular weight is 269 g/mol. The Bertz CT molecular complexity index is 408. The quantitative estimate of drug-likeness (QED) is 0.772. The van der Waals surface area contributed by atoms with E-state index in [1.807, 2.05) is 0 Å². The summed E-state index contributed by atoms with van der Waals surface area (Å²) < 4.78 is 5.48. The first-order valence-corrected chi connectivity index (χ1v) is 6.60. The molecule has 1 aromatic heterocycles. The van der Waals surface area contributed by atoms with Crippen molar-refractivity contribution < 1.29 is 9.53 Å². The van der Waals surface area contributed by atoms with E-state index in [0.29, 0.717) is 23.7 Å². The van der Waals surface area contributed by atoms with Gasteiger partial charge in [-0.25, -0.2) is 0 Å². The van der Waals surface area contributed by atoms with Gasteiger partial charge in [0.05, 0.1) is 10.6 Å². The van der Waals surface area contributed by atoms with Crippen molar-refractivity contribution in [2.24, 2.45) is 5.92 Å². The fraction of sp³-hybridized carbons (Fsp3) is 0.538. The largest absolute Gasteiger partial charge is 0.381 e. The number of nitrogens with one attached hydrogen (secondary N) is 1. The molecular weight excluding hydrogens is 252 g/mol. The summed E-state index contributed by atoms with van der Waals surface area (Å²) >= 11 is 5.88. The first-order valence-electron chi connectivity index (χ1n) is 6.23. The lowest BCUT2D eigenvalue weighted by Gasteiger charge is -2.06. The number of amides is 1. The van der Waals surface area contributed by atoms with Crippen LogP contribution in [0.1, 0.15) is 29.6 Å². The predicted octanol–water partition coefficient (Wildman–Crippen LogP) is 2.28. The highest BCUT2D eigenvalue weighted by Crippen LogP contribution is 2.28. The van der Waals surface area contributed by atoms with E-state index < -0.39 is 0 Å². The molecule has 0 aliphatic heterocycles. The van der Waals surface area contributed by atoms with Crippen LogP contribution < -0.4 is 5.32 Å². The number of aromatic nitrogens is 1. The van der Waals surface area contributed by atoms with Crippen molar-refractivity contribution in [1.82, 2.24) is 10.3 Å². The van der Waals surface area contributed by atoms with E-state index in [1.165, 1.54) is 19.0 Å². The summed E-state index contributed by atoms with van der Waals surface area (Å²) in [6.45, 7) is 2.16. The van der Waals surface area contributed by atoms with E-state index >= 15 is 0 Å². The van der Waals surface area contributed by atoms with Crippen molar-refractivity contribution in [1.29, 1.82) is 0 Å². The number of carbonyl (C=O) groups is 1. The Kier molecular flexibility index (Phi) is 4.96. The smallest absolute Gasteiger partial charge is 0.252 e. The molecule has 0 atom stereocenters. The molecule has 1 aliphatic carbocycles. The van der Waals surface area contributed by atoms with Crippen molar-refractivity contribution in [3.8, 4) is 0 Å². The standard InChI is InChI=1S/C13H17ClN2O2/c14-12-8-15-6-4-11(12)13(17)16-5-1-7-18-9-10-2-3-10/h4,6,8,10H,1-3,5,7,9H2,(H,16,17). The van der Waals surface area contributed by atoms with Gasteiger partial charge in [-0.05, 0) is 31.2 Å². The third-order valence-electron chi connectivity index (χ3n) is 2.82. The van der Waals surface area contributed by atoms with E-state index in [2.05, 4.69) is 10.3 Å². The second-order valence-electron chi connectivity index (χ2n) is 4.48. The highest BCUT2D eigenvalue weighted by Gasteiger charge is 2.20. The van der Waals surface area contributed by atoms with Gasteiger partial charge in [0.1, 0.15) is 0 Å². The summed E-state index contributed by atoms with van der Waals surface area (Å²) in [5.74, 6) is 0.625. The van der Waals surface area contributed by atoms with E-state index in [4.69, 9.17) is 16.3 Å². The molecule has 1 saturated carbocycles. The molecule has 0 unspecified atom stereocenters. The molecule has 1 fully saturated rings. The van der Waals surface area contributed by atoms with Crippen LogP contribution in [0, 0.1) is 5.92 Å². The molecule has 4 nitrogen and oxygen atoms in total. The van der Waals surface area contributed by atoms with Gasteiger partial charge in [0.2, 0.25) is 0 Å². The molecule has 0 bridgehead atoms. The molecule has 0 radical (unpaired) electrons. The summed E-state index contributed by atoms with van der Waals surface area (Å²) in [6, 6.07) is 1.61. The fourth-order valence-electron chi connectivity index (χ4n) is 1.57. The van der Waals surface area contributed by atoms with Crippen molar-refractivity contribution in [3.05, 3.63) is 29.0 Å². The number of nitrogens with zero attached hydrogens (tertiary/aromatic N) is 1. The maximum atomic E-state index is 11.8. The fourth-order valence-corrected chi connectivity index (χ4v) is 1.77. The highest BCUT2D eigenvalue weighted by molar-refractivity contribution is 6.33. The number of pyridine rings is 1. The minimum absolute atomic E-state index is 0.162. The molecule has 1 N–H and O–H groups in total. The Hall–Kier alpha value is -1.13. The second kappa shape index (κ2) is 6.71. The summed E-state index contributed by atoms with van der Waals surface area (Å²) in [5.41, 5.74) is 0.463. The minimum atomic E-state index is -0.162. The number of halogens is 1. The normalized spacial score (nSPS) is 14.5. The van der Waals surface area contributed by atoms with Gasteiger partial charge in [-0.2, -0.15) is 0 Å². The topological polar surface area (TPSA) is 51.2 Å². The Morgan fingerprint density at radius 1 is 1.56 bits per heavy atom. The molecule has 0 saturated heterocycles. The number of hydrogen-bond donors (Lipinski definition) is 1. The number of hydrogen-bond acceptors (Lipinski definition) is 3. The first-order chi connectivity index (χ1) is 8.77. The zero-order valence-corrected chi connectivity index (χ0v) is 10.9. The lowest BCUT2D eigenvalue weighted by molar-refractivity contribution is 0.0937. The molecule has 0 spiro atoms. The van der Waals surface area contributed by atoms with Crippen LogP contribution in [0.15, 0.2) is 18.5 Å². The molecule has 1 heterocycles. The van der Waals surface area contributed by atoms with E-state index in [-0.39, 0.29) is 5.91 Å². The Morgan fingerprint density at radius 2 is 2.39 bits per heavy atom. The van der Waals surface area contributed by atoms with Crippen molar-refractivity contribution in [2.75, 3.05) is 19.8 Å². The van der Waals surface area contributed by atoms with Gasteiger partial charge in [-0.1, -0.05) is 11.6 Å². The van der Waals surface area contributed by atoms with Crippen LogP contribution in [0.5, 0.6) is 0 Å². The van der Waals surface area contributed by atoms with Crippen LogP contribution in [-0.4, -0.2) is 30.6 Å². The monoisotopic (exact) mass is 268 g/mol. The van der Waals surface area contributed by atoms with Crippen molar-refractivity contribution >= 4 is 17.5 Å². The van der Waals surface area contributed by atoms with Gasteiger partial charge in [0.15, 0.2) is 0 Å². The van der Waals surface area contributed by atoms with Crippen LogP contribution >= 0.6 is 11.6 Å². The van der Waals surface area contributed by atoms with Crippen LogP contribution in [0.2, 0.25) is 5.02 Å². The third-order valence-corrected chi connectivity index (χ3v) is 3.12. The van der Waals surface area contributed by atoms with Crippen LogP contribution in [0.25, 0.3) is 0 Å². The van der Waals surface area contributed by atoms with E-state index in [0.717, 1.165) is 18.9 Å². The maximum Gasteiger partial charge on any atom is 0.252 e. The molecule has 98 valence electrons. The molecule has 1 amide bonds. The van der Waals surface area contributed by atoms with Gasteiger partial charge in [-0.15, -0.1) is 0 Å². The zero-order chi connectivity index (χ0) is 12.8. The third kappa shape index (κ3) is 4.27. The van der Waals surface area contributed by atoms with Gasteiger partial charge in [0, 0.05) is 32.2 Å². The van der Waals surface area contributed by atoms with Gasteiger partial charge >= 0.3 is 0 Å². The van der Waals surface area contributed by atoms with Crippen molar-refractivity contribution in [3.63, 3.8) is 0 Å². The van der Waals surface area contributed by atoms with Gasteiger partial charge in [-0.3, -0.25) is 9.78 Å². The molecule has 1 aromatic rings. The number of rotatable bonds is 7. The van der Waals surface area contributed by atoms with Gasteiger partial charge < -0.3 is 10.1 Å². The maximum absolute atomic E-state index is 11.8. The lowest BCUT2D eigenvalue weighted by Crippen LogP contribution is -2.25. The Morgan fingerprint density at radius 3 is 3.11 bits per heavy atom. The van der Waals surface area contributed by atoms with E-state index in [1.54, 1.807) is 12.3 Å². The van der Waals surface area contributed by atoms with Crippen molar-refractivity contribution in [2.45, 2.75) is 19.3 Å². The second-order valence-corrected chi connectivity index (χ2v) is 4.89. The minimum Gasteiger partial charge on any atom is -0.381 e. The summed E-state index contributed by atoms with van der Waals surface area (Å²) in [6.07, 6.45) is 6.45. The summed E-state index contributed by atoms with van der Waals surface area (Å²) in [7, 11) is 0. The Labute approximate surface area is 112 Å². The Balaban J connectivity index is 1.60. The molecule has 0 aromatic carbocycles. The predicted molar refractivity (Wildman–Crippen MR) is 69.7 cm³/mol. The molecule has 1 aliphatic rings. The van der Waals surface area contributed by atoms with Crippen LogP contribution in [0.4, 0.5) is 0 Å². The lowest BCUT2D eigenvalue weighted by atomic mass is 10.2. The average Bonchev–Trinajstić information content (AvgIpc) is 3.18.